The number of carbonyl (C=O) groups is 1. The lowest BCUT2D eigenvalue weighted by atomic mass is 10.1. The molecule has 1 aromatic rings. The molecule has 2 nitrogen and oxygen atoms in total. The number of thiophene rings is 1. The molecule has 1 aromatic heterocycles. The first-order valence-corrected chi connectivity index (χ1v) is 6.25. The van der Waals surface area contributed by atoms with Crippen LogP contribution in [0.1, 0.15) is 46.4 Å². The van der Waals surface area contributed by atoms with Crippen LogP contribution in [0, 0.1) is 6.92 Å². The van der Waals surface area contributed by atoms with E-state index in [-0.39, 0.29) is 5.97 Å². The fourth-order valence-corrected chi connectivity index (χ4v) is 2.97. The summed E-state index contributed by atoms with van der Waals surface area (Å²) < 4.78 is 5.08. The van der Waals surface area contributed by atoms with Crippen LogP contribution < -0.4 is 0 Å². The first-order chi connectivity index (χ1) is 7.15. The van der Waals surface area contributed by atoms with E-state index in [1.54, 1.807) is 11.3 Å². The van der Waals surface area contributed by atoms with Gasteiger partial charge in [-0.25, -0.2) is 4.79 Å². The Morgan fingerprint density at radius 1 is 1.27 bits per heavy atom. The summed E-state index contributed by atoms with van der Waals surface area (Å²) in [5, 5.41) is 0. The van der Waals surface area contributed by atoms with Crippen molar-refractivity contribution in [2.75, 3.05) is 6.61 Å². The van der Waals surface area contributed by atoms with Gasteiger partial charge in [-0.2, -0.15) is 0 Å². The third-order valence-corrected chi connectivity index (χ3v) is 3.71. The van der Waals surface area contributed by atoms with E-state index in [1.807, 2.05) is 13.8 Å². The molecule has 0 saturated carbocycles. The Labute approximate surface area is 95.3 Å². The van der Waals surface area contributed by atoms with Crippen molar-refractivity contribution in [3.63, 3.8) is 0 Å². The molecule has 0 fully saturated rings. The van der Waals surface area contributed by atoms with Crippen molar-refractivity contribution in [1.82, 2.24) is 0 Å². The summed E-state index contributed by atoms with van der Waals surface area (Å²) >= 11 is 1.72. The van der Waals surface area contributed by atoms with Gasteiger partial charge in [0.2, 0.25) is 0 Å². The van der Waals surface area contributed by atoms with Gasteiger partial charge in [0.05, 0.1) is 12.2 Å². The number of carbonyl (C=O) groups excluding carboxylic acids is 1. The first-order valence-electron chi connectivity index (χ1n) is 5.43. The van der Waals surface area contributed by atoms with Gasteiger partial charge in [0.15, 0.2) is 0 Å². The zero-order valence-corrected chi connectivity index (χ0v) is 10.7. The zero-order valence-electron chi connectivity index (χ0n) is 9.85. The van der Waals surface area contributed by atoms with E-state index in [0.717, 1.165) is 23.3 Å². The molecule has 84 valence electrons. The second kappa shape index (κ2) is 5.31. The molecule has 15 heavy (non-hydrogen) atoms. The molecule has 1 heterocycles. The maximum Gasteiger partial charge on any atom is 0.339 e. The predicted octanol–water partition coefficient (Wildman–Crippen LogP) is 3.36. The smallest absolute Gasteiger partial charge is 0.339 e. The lowest BCUT2D eigenvalue weighted by Gasteiger charge is -2.04. The third kappa shape index (κ3) is 2.40. The van der Waals surface area contributed by atoms with Crippen molar-refractivity contribution in [1.29, 1.82) is 0 Å². The molecule has 3 heteroatoms. The van der Waals surface area contributed by atoms with Gasteiger partial charge < -0.3 is 4.74 Å². The van der Waals surface area contributed by atoms with E-state index < -0.39 is 0 Å². The molecule has 0 aliphatic carbocycles. The summed E-state index contributed by atoms with van der Waals surface area (Å²) in [6, 6.07) is 0. The average Bonchev–Trinajstić information content (AvgIpc) is 2.54. The van der Waals surface area contributed by atoms with Crippen molar-refractivity contribution in [3.05, 3.63) is 20.9 Å². The third-order valence-electron chi connectivity index (χ3n) is 2.42. The van der Waals surface area contributed by atoms with Crippen LogP contribution in [0.3, 0.4) is 0 Å². The fourth-order valence-electron chi connectivity index (χ4n) is 1.78. The van der Waals surface area contributed by atoms with Crippen LogP contribution in [0.25, 0.3) is 0 Å². The van der Waals surface area contributed by atoms with Crippen LogP contribution in [-0.2, 0) is 17.6 Å². The zero-order chi connectivity index (χ0) is 11.4. The fraction of sp³-hybridized carbons (Fsp3) is 0.583. The van der Waals surface area contributed by atoms with Crippen LogP contribution >= 0.6 is 11.3 Å². The molecule has 0 aromatic carbocycles. The predicted molar refractivity (Wildman–Crippen MR) is 63.8 cm³/mol. The van der Waals surface area contributed by atoms with Crippen molar-refractivity contribution in [2.24, 2.45) is 0 Å². The molecule has 0 atom stereocenters. The maximum absolute atomic E-state index is 11.8. The van der Waals surface area contributed by atoms with Crippen LogP contribution in [0.4, 0.5) is 0 Å². The quantitative estimate of drug-likeness (QED) is 0.736. The standard InChI is InChI=1S/C12H18O2S/c1-5-9-10(6-2)15-8(4)11(9)12(13)14-7-3/h5-7H2,1-4H3. The highest BCUT2D eigenvalue weighted by atomic mass is 32.1. The molecule has 0 aliphatic heterocycles. The molecule has 0 spiro atoms. The van der Waals surface area contributed by atoms with Gasteiger partial charge in [0.25, 0.3) is 0 Å². The second-order valence-corrected chi connectivity index (χ2v) is 4.67. The molecule has 0 saturated heterocycles. The highest BCUT2D eigenvalue weighted by Gasteiger charge is 2.20. The summed E-state index contributed by atoms with van der Waals surface area (Å²) in [7, 11) is 0. The molecule has 0 bridgehead atoms. The highest BCUT2D eigenvalue weighted by molar-refractivity contribution is 7.12. The molecule has 0 unspecified atom stereocenters. The minimum absolute atomic E-state index is 0.164. The van der Waals surface area contributed by atoms with Gasteiger partial charge in [-0.05, 0) is 32.3 Å². The van der Waals surface area contributed by atoms with E-state index in [0.29, 0.717) is 6.61 Å². The van der Waals surface area contributed by atoms with Crippen LogP contribution in [0.5, 0.6) is 0 Å². The lowest BCUT2D eigenvalue weighted by molar-refractivity contribution is 0.0525. The minimum Gasteiger partial charge on any atom is -0.462 e. The molecule has 0 aliphatic rings. The Hall–Kier alpha value is -0.830. The number of aryl methyl sites for hydroxylation is 2. The van der Waals surface area contributed by atoms with Gasteiger partial charge in [-0.1, -0.05) is 13.8 Å². The van der Waals surface area contributed by atoms with Crippen molar-refractivity contribution < 1.29 is 9.53 Å². The van der Waals surface area contributed by atoms with Crippen molar-refractivity contribution in [3.8, 4) is 0 Å². The van der Waals surface area contributed by atoms with E-state index >= 15 is 0 Å². The van der Waals surface area contributed by atoms with E-state index in [1.165, 1.54) is 10.4 Å². The molecular formula is C12H18O2S. The van der Waals surface area contributed by atoms with Crippen molar-refractivity contribution in [2.45, 2.75) is 40.5 Å². The number of hydrogen-bond donors (Lipinski definition) is 0. The summed E-state index contributed by atoms with van der Waals surface area (Å²) in [5.74, 6) is -0.164. The summed E-state index contributed by atoms with van der Waals surface area (Å²) in [6.45, 7) is 8.49. The number of esters is 1. The average molecular weight is 226 g/mol. The Balaban J connectivity index is 3.15. The molecule has 0 N–H and O–H groups in total. The monoisotopic (exact) mass is 226 g/mol. The number of rotatable bonds is 4. The Bertz CT molecular complexity index is 353. The van der Waals surface area contributed by atoms with Crippen LogP contribution in [-0.4, -0.2) is 12.6 Å². The lowest BCUT2D eigenvalue weighted by Crippen LogP contribution is -2.07. The maximum atomic E-state index is 11.8. The Morgan fingerprint density at radius 2 is 1.93 bits per heavy atom. The molecular weight excluding hydrogens is 208 g/mol. The minimum atomic E-state index is -0.164. The topological polar surface area (TPSA) is 26.3 Å². The summed E-state index contributed by atoms with van der Waals surface area (Å²) in [4.78, 5) is 14.2. The SMILES string of the molecule is CCOC(=O)c1c(C)sc(CC)c1CC. The highest BCUT2D eigenvalue weighted by Crippen LogP contribution is 2.29. The Kier molecular flexibility index (Phi) is 4.33. The van der Waals surface area contributed by atoms with Crippen molar-refractivity contribution >= 4 is 17.3 Å². The van der Waals surface area contributed by atoms with Gasteiger partial charge in [-0.3, -0.25) is 0 Å². The number of ether oxygens (including phenoxy) is 1. The van der Waals surface area contributed by atoms with Crippen LogP contribution in [0.2, 0.25) is 0 Å². The normalized spacial score (nSPS) is 10.4. The van der Waals surface area contributed by atoms with E-state index in [2.05, 4.69) is 13.8 Å². The summed E-state index contributed by atoms with van der Waals surface area (Å²) in [6.07, 6.45) is 1.90. The van der Waals surface area contributed by atoms with E-state index in [4.69, 9.17) is 4.74 Å². The first kappa shape index (κ1) is 12.2. The molecule has 0 radical (unpaired) electrons. The van der Waals surface area contributed by atoms with E-state index in [9.17, 15) is 4.79 Å². The summed E-state index contributed by atoms with van der Waals surface area (Å²) in [5.41, 5.74) is 1.99. The van der Waals surface area contributed by atoms with Crippen LogP contribution in [0.15, 0.2) is 0 Å². The Morgan fingerprint density at radius 3 is 2.40 bits per heavy atom. The molecule has 0 amide bonds. The van der Waals surface area contributed by atoms with Gasteiger partial charge >= 0.3 is 5.97 Å². The van der Waals surface area contributed by atoms with Gasteiger partial charge in [0, 0.05) is 9.75 Å². The molecule has 1 rings (SSSR count). The second-order valence-electron chi connectivity index (χ2n) is 3.36. The largest absolute Gasteiger partial charge is 0.462 e. The van der Waals surface area contributed by atoms with Gasteiger partial charge in [-0.15, -0.1) is 11.3 Å². The number of hydrogen-bond acceptors (Lipinski definition) is 3. The van der Waals surface area contributed by atoms with Gasteiger partial charge in [0.1, 0.15) is 0 Å².